The first-order valence-corrected chi connectivity index (χ1v) is 12.1. The number of likely N-dealkylation sites (tertiary alicyclic amines) is 1. The van der Waals surface area contributed by atoms with E-state index in [0.717, 1.165) is 43.2 Å². The van der Waals surface area contributed by atoms with Gasteiger partial charge in [-0.1, -0.05) is 0 Å². The van der Waals surface area contributed by atoms with Crippen molar-refractivity contribution in [2.45, 2.75) is 25.6 Å². The van der Waals surface area contributed by atoms with Crippen molar-refractivity contribution in [2.75, 3.05) is 25.0 Å². The quantitative estimate of drug-likeness (QED) is 0.395. The minimum Gasteiger partial charge on any atom is -0.313 e. The maximum Gasteiger partial charge on any atom is 0.433 e. The van der Waals surface area contributed by atoms with Gasteiger partial charge in [0.15, 0.2) is 0 Å². The van der Waals surface area contributed by atoms with Crippen LogP contribution < -0.4 is 10.9 Å². The number of aromatic nitrogens is 5. The average molecular weight is 524 g/mol. The highest BCUT2D eigenvalue weighted by molar-refractivity contribution is 6.03. The minimum atomic E-state index is -4.65. The number of nitrogens with one attached hydrogen (secondary N) is 1. The van der Waals surface area contributed by atoms with Gasteiger partial charge in [0.25, 0.3) is 11.5 Å². The molecule has 0 unspecified atom stereocenters. The molecule has 12 heteroatoms. The van der Waals surface area contributed by atoms with Gasteiger partial charge < -0.3 is 14.8 Å². The van der Waals surface area contributed by atoms with E-state index in [1.54, 1.807) is 12.1 Å². The summed E-state index contributed by atoms with van der Waals surface area (Å²) in [5.74, 6) is -0.351. The van der Waals surface area contributed by atoms with E-state index >= 15 is 0 Å². The highest BCUT2D eigenvalue weighted by Crippen LogP contribution is 2.34. The monoisotopic (exact) mass is 523 g/mol. The first kappa shape index (κ1) is 25.3. The van der Waals surface area contributed by atoms with Gasteiger partial charge in [0.05, 0.1) is 23.1 Å². The number of carbonyl (C=O) groups is 1. The fourth-order valence-corrected chi connectivity index (χ4v) is 4.30. The van der Waals surface area contributed by atoms with E-state index in [1.165, 1.54) is 53.6 Å². The summed E-state index contributed by atoms with van der Waals surface area (Å²) in [6.45, 7) is 3.21. The second-order valence-corrected chi connectivity index (χ2v) is 8.92. The Morgan fingerprint density at radius 1 is 1.03 bits per heavy atom. The SMILES string of the molecule is O=C(Nc1ccc(-n2nc(-c3cccnc3)cc2C(F)(F)F)cn1)c1ccc(=O)n(CCN2CCCC2)c1. The molecular formula is C26H24F3N7O2. The van der Waals surface area contributed by atoms with Gasteiger partial charge in [-0.15, -0.1) is 0 Å². The van der Waals surface area contributed by atoms with Crippen LogP contribution in [0.15, 0.2) is 72.0 Å². The number of rotatable bonds is 7. The number of amides is 1. The lowest BCUT2D eigenvalue weighted by molar-refractivity contribution is -0.142. The maximum absolute atomic E-state index is 13.7. The number of hydrogen-bond acceptors (Lipinski definition) is 6. The lowest BCUT2D eigenvalue weighted by atomic mass is 10.2. The van der Waals surface area contributed by atoms with Gasteiger partial charge >= 0.3 is 6.18 Å². The predicted molar refractivity (Wildman–Crippen MR) is 134 cm³/mol. The molecule has 38 heavy (non-hydrogen) atoms. The molecule has 4 aromatic rings. The number of halogens is 3. The molecule has 0 bridgehead atoms. The zero-order valence-electron chi connectivity index (χ0n) is 20.2. The third kappa shape index (κ3) is 5.65. The molecule has 0 saturated carbocycles. The smallest absolute Gasteiger partial charge is 0.313 e. The molecule has 9 nitrogen and oxygen atoms in total. The number of pyridine rings is 3. The molecule has 1 N–H and O–H groups in total. The maximum atomic E-state index is 13.7. The summed E-state index contributed by atoms with van der Waals surface area (Å²) in [5.41, 5.74) is -0.275. The van der Waals surface area contributed by atoms with Gasteiger partial charge in [0.1, 0.15) is 11.5 Å². The van der Waals surface area contributed by atoms with Crippen LogP contribution in [0.4, 0.5) is 19.0 Å². The summed E-state index contributed by atoms with van der Waals surface area (Å²) in [4.78, 5) is 35.3. The van der Waals surface area contributed by atoms with E-state index in [-0.39, 0.29) is 28.3 Å². The van der Waals surface area contributed by atoms with E-state index in [4.69, 9.17) is 0 Å². The molecule has 1 fully saturated rings. The van der Waals surface area contributed by atoms with Crippen LogP contribution in [-0.2, 0) is 12.7 Å². The largest absolute Gasteiger partial charge is 0.433 e. The van der Waals surface area contributed by atoms with Crippen LogP contribution in [0.25, 0.3) is 16.9 Å². The first-order chi connectivity index (χ1) is 18.3. The van der Waals surface area contributed by atoms with Crippen molar-refractivity contribution in [1.29, 1.82) is 0 Å². The molecule has 5 heterocycles. The molecule has 196 valence electrons. The number of nitrogens with zero attached hydrogens (tertiary/aromatic N) is 6. The van der Waals surface area contributed by atoms with Crippen LogP contribution in [-0.4, -0.2) is 54.8 Å². The van der Waals surface area contributed by atoms with E-state index in [9.17, 15) is 22.8 Å². The normalized spacial score (nSPS) is 14.1. The molecule has 1 amide bonds. The topological polar surface area (TPSA) is 97.9 Å². The molecule has 1 aliphatic heterocycles. The standard InChI is InChI=1S/C26H24F3N7O2/c27-26(28,29)22-14-21(18-4-3-9-30-15-18)33-36(22)20-6-7-23(31-16-20)32-25(38)19-5-8-24(37)35(17-19)13-12-34-10-1-2-11-34/h3-9,14-17H,1-2,10-13H2,(H,31,32,38). The molecular weight excluding hydrogens is 499 g/mol. The van der Waals surface area contributed by atoms with Crippen molar-refractivity contribution in [3.05, 3.63) is 88.9 Å². The van der Waals surface area contributed by atoms with Crippen molar-refractivity contribution in [1.82, 2.24) is 29.2 Å². The number of alkyl halides is 3. The van der Waals surface area contributed by atoms with Crippen molar-refractivity contribution >= 4 is 11.7 Å². The molecule has 0 spiro atoms. The van der Waals surface area contributed by atoms with E-state index < -0.39 is 17.8 Å². The Morgan fingerprint density at radius 3 is 2.53 bits per heavy atom. The highest BCUT2D eigenvalue weighted by atomic mass is 19.4. The molecule has 0 radical (unpaired) electrons. The summed E-state index contributed by atoms with van der Waals surface area (Å²) in [7, 11) is 0. The summed E-state index contributed by atoms with van der Waals surface area (Å²) in [6, 6.07) is 9.72. The number of anilines is 1. The Bertz CT molecular complexity index is 1480. The molecule has 0 atom stereocenters. The summed E-state index contributed by atoms with van der Waals surface area (Å²) in [6.07, 6.45) is 3.28. The van der Waals surface area contributed by atoms with Gasteiger partial charge in [-0.3, -0.25) is 14.6 Å². The molecule has 0 aromatic carbocycles. The second kappa shape index (κ2) is 10.6. The van der Waals surface area contributed by atoms with Gasteiger partial charge in [-0.05, 0) is 62.3 Å². The number of hydrogen-bond donors (Lipinski definition) is 1. The first-order valence-electron chi connectivity index (χ1n) is 12.1. The van der Waals surface area contributed by atoms with Gasteiger partial charge in [0, 0.05) is 43.3 Å². The Labute approximate surface area is 215 Å². The fourth-order valence-electron chi connectivity index (χ4n) is 4.30. The van der Waals surface area contributed by atoms with E-state index in [0.29, 0.717) is 12.1 Å². The Hall–Kier alpha value is -4.32. The van der Waals surface area contributed by atoms with Crippen LogP contribution >= 0.6 is 0 Å². The van der Waals surface area contributed by atoms with Crippen LogP contribution in [0.2, 0.25) is 0 Å². The third-order valence-electron chi connectivity index (χ3n) is 6.29. The van der Waals surface area contributed by atoms with Gasteiger partial charge in [0.2, 0.25) is 0 Å². The summed E-state index contributed by atoms with van der Waals surface area (Å²) >= 11 is 0. The molecule has 1 aliphatic rings. The minimum absolute atomic E-state index is 0.0703. The van der Waals surface area contributed by atoms with Crippen LogP contribution in [0, 0.1) is 0 Å². The zero-order valence-corrected chi connectivity index (χ0v) is 20.2. The van der Waals surface area contributed by atoms with Crippen molar-refractivity contribution in [3.8, 4) is 16.9 Å². The third-order valence-corrected chi connectivity index (χ3v) is 6.29. The van der Waals surface area contributed by atoms with Crippen LogP contribution in [0.3, 0.4) is 0 Å². The lowest BCUT2D eigenvalue weighted by Gasteiger charge is -2.15. The lowest BCUT2D eigenvalue weighted by Crippen LogP contribution is -2.29. The van der Waals surface area contributed by atoms with Crippen molar-refractivity contribution < 1.29 is 18.0 Å². The second-order valence-electron chi connectivity index (χ2n) is 8.92. The van der Waals surface area contributed by atoms with Crippen LogP contribution in [0.1, 0.15) is 28.9 Å². The molecule has 4 aromatic heterocycles. The molecule has 0 aliphatic carbocycles. The molecule has 5 rings (SSSR count). The van der Waals surface area contributed by atoms with E-state index in [1.807, 2.05) is 0 Å². The van der Waals surface area contributed by atoms with Crippen molar-refractivity contribution in [3.63, 3.8) is 0 Å². The van der Waals surface area contributed by atoms with E-state index in [2.05, 4.69) is 25.3 Å². The Morgan fingerprint density at radius 2 is 1.84 bits per heavy atom. The van der Waals surface area contributed by atoms with Crippen molar-refractivity contribution in [2.24, 2.45) is 0 Å². The fraction of sp³-hybridized carbons (Fsp3) is 0.269. The summed E-state index contributed by atoms with van der Waals surface area (Å²) < 4.78 is 43.4. The van der Waals surface area contributed by atoms with Gasteiger partial charge in [-0.2, -0.15) is 18.3 Å². The Kier molecular flexibility index (Phi) is 7.05. The average Bonchev–Trinajstić information content (AvgIpc) is 3.60. The summed E-state index contributed by atoms with van der Waals surface area (Å²) in [5, 5.41) is 6.73. The van der Waals surface area contributed by atoms with Gasteiger partial charge in [-0.25, -0.2) is 9.67 Å². The highest BCUT2D eigenvalue weighted by Gasteiger charge is 2.36. The van der Waals surface area contributed by atoms with Crippen LogP contribution in [0.5, 0.6) is 0 Å². The Balaban J connectivity index is 1.32. The predicted octanol–water partition coefficient (Wildman–Crippen LogP) is 3.86. The zero-order chi connectivity index (χ0) is 26.7. The molecule has 1 saturated heterocycles. The number of carbonyl (C=O) groups excluding carboxylic acids is 1.